The van der Waals surface area contributed by atoms with Crippen molar-refractivity contribution in [1.29, 1.82) is 0 Å². The van der Waals surface area contributed by atoms with Crippen LogP contribution in [-0.2, 0) is 46.3 Å². The number of ether oxygens (including phenoxy) is 3. The van der Waals surface area contributed by atoms with Crippen LogP contribution >= 0.6 is 15.6 Å². The summed E-state index contributed by atoms with van der Waals surface area (Å²) in [5, 5.41) is 20.9. The minimum absolute atomic E-state index is 0.0556. The predicted octanol–water partition coefficient (Wildman–Crippen LogP) is 8.82. The number of aliphatic hydroxyl groups is 2. The first-order valence-electron chi connectivity index (χ1n) is 23.8. The molecule has 3 unspecified atom stereocenters. The Bertz CT molecular complexity index is 1600. The molecule has 0 aromatic carbocycles. The fourth-order valence-corrected chi connectivity index (χ4v) is 9.44. The van der Waals surface area contributed by atoms with Gasteiger partial charge in [-0.15, -0.1) is 0 Å². The highest BCUT2D eigenvalue weighted by Crippen LogP contribution is 2.60. The second-order valence-corrected chi connectivity index (χ2v) is 21.0. The molecule has 18 nitrogen and oxygen atoms in total. The standard InChI is InChI=1S/C44H81N3O15P2/c1-34(2)25-21-17-13-9-7-5-6-8-10-16-20-24-28-40(49)60-36(31-57-39(48)27-23-19-15-12-11-14-18-22-26-35(3)4)32-58-63(53,54)62-64(55,56)59-33-37-41(50)42(51)43(61-37)47-30-29-38(45)46-44(47)52/h29-30,34-37,41-43,50-51H,5-28,31-33H2,1-4H3,(H,53,54)(H,55,56)(H2,45,46,52)/t36-,37-,41+,42?,43-/m1/s1. The SMILES string of the molecule is CC(C)CCCCCCCCCCCCCCC(=O)O[C@H](COC(=O)CCCCCCCCCCC(C)C)COP(=O)(O)OP(=O)(O)OC[C@H]1O[C@@H](n2ccc(N)nc2=O)C(O)[C@H]1O. The topological polar surface area (TPSA) is 265 Å². The molecule has 1 aliphatic heterocycles. The van der Waals surface area contributed by atoms with Gasteiger partial charge in [0.25, 0.3) is 0 Å². The van der Waals surface area contributed by atoms with Gasteiger partial charge in [0.1, 0.15) is 30.7 Å². The van der Waals surface area contributed by atoms with Crippen molar-refractivity contribution in [2.45, 2.75) is 212 Å². The van der Waals surface area contributed by atoms with Crippen molar-refractivity contribution in [3.8, 4) is 0 Å². The summed E-state index contributed by atoms with van der Waals surface area (Å²) in [6.45, 7) is 6.71. The Kier molecular flexibility index (Phi) is 29.4. The largest absolute Gasteiger partial charge is 0.481 e. The number of anilines is 1. The Morgan fingerprint density at radius 2 is 1.16 bits per heavy atom. The lowest BCUT2D eigenvalue weighted by Gasteiger charge is -2.21. The van der Waals surface area contributed by atoms with Gasteiger partial charge in [-0.2, -0.15) is 9.29 Å². The molecule has 0 amide bonds. The van der Waals surface area contributed by atoms with Crippen molar-refractivity contribution >= 4 is 33.4 Å². The number of aromatic nitrogens is 2. The van der Waals surface area contributed by atoms with Gasteiger partial charge in [0, 0.05) is 19.0 Å². The third kappa shape index (κ3) is 26.8. The average Bonchev–Trinajstić information content (AvgIpc) is 3.50. The fourth-order valence-electron chi connectivity index (χ4n) is 7.33. The minimum Gasteiger partial charge on any atom is -0.462 e. The summed E-state index contributed by atoms with van der Waals surface area (Å²) >= 11 is 0. The summed E-state index contributed by atoms with van der Waals surface area (Å²) in [5.41, 5.74) is 4.58. The highest BCUT2D eigenvalue weighted by atomic mass is 31.3. The number of carbonyl (C=O) groups is 2. The van der Waals surface area contributed by atoms with E-state index in [1.807, 2.05) is 0 Å². The Morgan fingerprint density at radius 3 is 1.64 bits per heavy atom. The summed E-state index contributed by atoms with van der Waals surface area (Å²) in [7, 11) is -10.8. The first-order valence-corrected chi connectivity index (χ1v) is 26.8. The molecule has 372 valence electrons. The van der Waals surface area contributed by atoms with Gasteiger partial charge in [-0.3, -0.25) is 23.2 Å². The highest BCUT2D eigenvalue weighted by Gasteiger charge is 2.46. The average molecular weight is 954 g/mol. The van der Waals surface area contributed by atoms with Gasteiger partial charge in [0.05, 0.1) is 13.2 Å². The van der Waals surface area contributed by atoms with Crippen LogP contribution in [0.5, 0.6) is 0 Å². The van der Waals surface area contributed by atoms with Crippen LogP contribution in [0.3, 0.4) is 0 Å². The number of carbonyl (C=O) groups excluding carboxylic acids is 2. The summed E-state index contributed by atoms with van der Waals surface area (Å²) in [6.07, 6.45) is 18.0. The van der Waals surface area contributed by atoms with Crippen LogP contribution in [0.2, 0.25) is 0 Å². The zero-order chi connectivity index (χ0) is 47.4. The lowest BCUT2D eigenvalue weighted by molar-refractivity contribution is -0.161. The lowest BCUT2D eigenvalue weighted by atomic mass is 10.0. The molecule has 1 aromatic heterocycles. The number of phosphoric ester groups is 2. The zero-order valence-electron chi connectivity index (χ0n) is 38.9. The van der Waals surface area contributed by atoms with E-state index in [4.69, 9.17) is 29.0 Å². The monoisotopic (exact) mass is 954 g/mol. The minimum atomic E-state index is -5.41. The normalized spacial score (nSPS) is 20.0. The summed E-state index contributed by atoms with van der Waals surface area (Å²) in [4.78, 5) is 61.7. The Hall–Kier alpha value is -2.24. The van der Waals surface area contributed by atoms with Gasteiger partial charge in [-0.25, -0.2) is 13.9 Å². The van der Waals surface area contributed by atoms with Crippen molar-refractivity contribution in [3.63, 3.8) is 0 Å². The van der Waals surface area contributed by atoms with Crippen LogP contribution in [0.1, 0.15) is 188 Å². The van der Waals surface area contributed by atoms with E-state index in [0.717, 1.165) is 67.8 Å². The van der Waals surface area contributed by atoms with Crippen LogP contribution < -0.4 is 11.4 Å². The molecule has 1 fully saturated rings. The summed E-state index contributed by atoms with van der Waals surface area (Å²) in [5.74, 6) is 0.211. The molecule has 6 N–H and O–H groups in total. The van der Waals surface area contributed by atoms with E-state index in [1.54, 1.807) is 0 Å². The quantitative estimate of drug-likeness (QED) is 0.0235. The molecule has 7 atom stereocenters. The van der Waals surface area contributed by atoms with E-state index in [2.05, 4.69) is 37.0 Å². The third-order valence-corrected chi connectivity index (χ3v) is 13.6. The first kappa shape index (κ1) is 57.9. The summed E-state index contributed by atoms with van der Waals surface area (Å²) < 4.78 is 56.6. The number of nitrogens with zero attached hydrogens (tertiary/aromatic N) is 2. The van der Waals surface area contributed by atoms with Crippen LogP contribution in [0, 0.1) is 11.8 Å². The van der Waals surface area contributed by atoms with Gasteiger partial charge in [0.2, 0.25) is 0 Å². The second kappa shape index (κ2) is 32.5. The third-order valence-electron chi connectivity index (χ3n) is 11.0. The molecule has 0 radical (unpaired) electrons. The first-order chi connectivity index (χ1) is 30.4. The number of aliphatic hydroxyl groups excluding tert-OH is 2. The van der Waals surface area contributed by atoms with Crippen molar-refractivity contribution in [3.05, 3.63) is 22.7 Å². The van der Waals surface area contributed by atoms with Crippen LogP contribution in [0.25, 0.3) is 0 Å². The molecule has 64 heavy (non-hydrogen) atoms. The van der Waals surface area contributed by atoms with Gasteiger partial charge in [-0.05, 0) is 30.7 Å². The second-order valence-electron chi connectivity index (χ2n) is 17.9. The molecule has 1 aromatic rings. The Balaban J connectivity index is 1.82. The van der Waals surface area contributed by atoms with E-state index in [0.29, 0.717) is 12.8 Å². The van der Waals surface area contributed by atoms with E-state index >= 15 is 0 Å². The fraction of sp³-hybridized carbons (Fsp3) is 0.864. The van der Waals surface area contributed by atoms with Gasteiger partial charge in [0.15, 0.2) is 12.3 Å². The number of esters is 2. The number of nitrogens with two attached hydrogens (primary N) is 1. The van der Waals surface area contributed by atoms with Gasteiger partial charge < -0.3 is 39.9 Å². The number of hydrogen-bond donors (Lipinski definition) is 5. The summed E-state index contributed by atoms with van der Waals surface area (Å²) in [6, 6.07) is 1.25. The van der Waals surface area contributed by atoms with Crippen molar-refractivity contribution in [1.82, 2.24) is 9.55 Å². The molecule has 2 rings (SSSR count). The number of unbranched alkanes of at least 4 members (excludes halogenated alkanes) is 18. The molecule has 0 saturated carbocycles. The predicted molar refractivity (Wildman–Crippen MR) is 243 cm³/mol. The number of nitrogen functional groups attached to an aromatic ring is 1. The maximum absolute atomic E-state index is 12.8. The number of phosphoric acid groups is 2. The molecule has 0 aliphatic carbocycles. The lowest BCUT2D eigenvalue weighted by Crippen LogP contribution is -2.36. The van der Waals surface area contributed by atoms with Crippen molar-refractivity contribution in [2.75, 3.05) is 25.6 Å². The number of rotatable bonds is 38. The van der Waals surface area contributed by atoms with E-state index in [9.17, 15) is 43.5 Å². The molecular weight excluding hydrogens is 872 g/mol. The van der Waals surface area contributed by atoms with Gasteiger partial charge in [-0.1, -0.05) is 156 Å². The molecule has 1 aliphatic rings. The van der Waals surface area contributed by atoms with Gasteiger partial charge >= 0.3 is 33.3 Å². The van der Waals surface area contributed by atoms with Crippen molar-refractivity contribution < 1.29 is 66.3 Å². The van der Waals surface area contributed by atoms with Crippen LogP contribution in [-0.4, -0.2) is 85.7 Å². The molecule has 0 spiro atoms. The maximum Gasteiger partial charge on any atom is 0.481 e. The number of hydrogen-bond acceptors (Lipinski definition) is 15. The molecule has 20 heteroatoms. The van der Waals surface area contributed by atoms with E-state index < -0.39 is 83.7 Å². The van der Waals surface area contributed by atoms with E-state index in [-0.39, 0.29) is 18.7 Å². The van der Waals surface area contributed by atoms with E-state index in [1.165, 1.54) is 89.3 Å². The molecule has 0 bridgehead atoms. The Morgan fingerprint density at radius 1 is 0.703 bits per heavy atom. The van der Waals surface area contributed by atoms with Crippen LogP contribution in [0.4, 0.5) is 5.82 Å². The van der Waals surface area contributed by atoms with Crippen LogP contribution in [0.15, 0.2) is 17.1 Å². The smallest absolute Gasteiger partial charge is 0.462 e. The highest BCUT2D eigenvalue weighted by molar-refractivity contribution is 7.61. The Labute approximate surface area is 380 Å². The molecule has 2 heterocycles. The van der Waals surface area contributed by atoms with Crippen molar-refractivity contribution in [2.24, 2.45) is 11.8 Å². The molecule has 1 saturated heterocycles. The zero-order valence-corrected chi connectivity index (χ0v) is 40.7. The molecular formula is C44H81N3O15P2. The maximum atomic E-state index is 12.8.